The van der Waals surface area contributed by atoms with Crippen LogP contribution >= 0.6 is 0 Å². The second kappa shape index (κ2) is 5.26. The number of nitrogen functional groups attached to an aromatic ring is 1. The molecule has 0 aliphatic carbocycles. The highest BCUT2D eigenvalue weighted by Crippen LogP contribution is 2.26. The van der Waals surface area contributed by atoms with E-state index in [4.69, 9.17) is 5.84 Å². The second-order valence-corrected chi connectivity index (χ2v) is 5.19. The number of piperazine rings is 1. The average molecular weight is 268 g/mol. The van der Waals surface area contributed by atoms with Crippen molar-refractivity contribution < 1.29 is 4.39 Å². The Kier molecular flexibility index (Phi) is 3.86. The number of rotatable bonds is 2. The van der Waals surface area contributed by atoms with Crippen molar-refractivity contribution in [2.75, 3.05) is 30.5 Å². The summed E-state index contributed by atoms with van der Waals surface area (Å²) in [6.07, 6.45) is 0. The van der Waals surface area contributed by atoms with E-state index in [2.05, 4.69) is 41.2 Å². The molecule has 0 spiro atoms. The number of nitrogens with zero attached hydrogens (tertiary/aromatic N) is 4. The molecule has 0 unspecified atom stereocenters. The molecule has 1 aromatic rings. The van der Waals surface area contributed by atoms with Crippen LogP contribution in [0.1, 0.15) is 19.7 Å². The third-order valence-corrected chi connectivity index (χ3v) is 3.65. The van der Waals surface area contributed by atoms with Crippen molar-refractivity contribution in [1.82, 2.24) is 14.9 Å². The van der Waals surface area contributed by atoms with Crippen molar-refractivity contribution in [3.8, 4) is 0 Å². The van der Waals surface area contributed by atoms with E-state index in [-0.39, 0.29) is 11.9 Å². The van der Waals surface area contributed by atoms with Gasteiger partial charge in [0.05, 0.1) is 0 Å². The second-order valence-electron chi connectivity index (χ2n) is 5.19. The molecule has 1 aliphatic heterocycles. The van der Waals surface area contributed by atoms with Crippen LogP contribution in [-0.4, -0.2) is 47.1 Å². The van der Waals surface area contributed by atoms with Crippen molar-refractivity contribution >= 4 is 11.6 Å². The number of aryl methyl sites for hydroxylation is 1. The quantitative estimate of drug-likeness (QED) is 0.609. The Morgan fingerprint density at radius 2 is 1.95 bits per heavy atom. The number of hydrogen-bond acceptors (Lipinski definition) is 6. The minimum atomic E-state index is -0.489. The van der Waals surface area contributed by atoms with Crippen LogP contribution in [0, 0.1) is 12.7 Å². The molecule has 2 heterocycles. The van der Waals surface area contributed by atoms with Crippen LogP contribution in [0.2, 0.25) is 0 Å². The van der Waals surface area contributed by atoms with Gasteiger partial charge in [0.2, 0.25) is 5.82 Å². The molecule has 2 atom stereocenters. The zero-order valence-electron chi connectivity index (χ0n) is 11.8. The molecule has 19 heavy (non-hydrogen) atoms. The van der Waals surface area contributed by atoms with Crippen LogP contribution in [0.25, 0.3) is 0 Å². The minimum absolute atomic E-state index is 0.0429. The number of likely N-dealkylation sites (N-methyl/N-ethyl adjacent to an activating group) is 1. The number of anilines is 2. The maximum Gasteiger partial charge on any atom is 0.209 e. The summed E-state index contributed by atoms with van der Waals surface area (Å²) in [6, 6.07) is 0.538. The monoisotopic (exact) mass is 268 g/mol. The number of halogens is 1. The average Bonchev–Trinajstić information content (AvgIpc) is 2.36. The van der Waals surface area contributed by atoms with Crippen LogP contribution in [-0.2, 0) is 0 Å². The predicted molar refractivity (Wildman–Crippen MR) is 73.4 cm³/mol. The summed E-state index contributed by atoms with van der Waals surface area (Å²) in [5.74, 6) is 5.68. The molecule has 0 radical (unpaired) electrons. The summed E-state index contributed by atoms with van der Waals surface area (Å²) < 4.78 is 14.3. The van der Waals surface area contributed by atoms with E-state index in [0.29, 0.717) is 17.7 Å². The smallest absolute Gasteiger partial charge is 0.209 e. The number of nitrogens with two attached hydrogens (primary N) is 1. The normalized spacial score (nSPS) is 24.6. The van der Waals surface area contributed by atoms with Crippen LogP contribution in [0.4, 0.5) is 16.0 Å². The van der Waals surface area contributed by atoms with E-state index in [0.717, 1.165) is 13.1 Å². The van der Waals surface area contributed by atoms with Crippen LogP contribution < -0.4 is 16.2 Å². The first-order chi connectivity index (χ1) is 8.93. The van der Waals surface area contributed by atoms with Gasteiger partial charge in [0, 0.05) is 25.2 Å². The third-order valence-electron chi connectivity index (χ3n) is 3.65. The standard InChI is InChI=1S/C12H21FN6/c1-7-6-19(8(2)5-18(7)4)12-10(13)11(17-14)15-9(3)16-12/h7-8H,5-6,14H2,1-4H3,(H,15,16,17)/t7-,8+/m1/s1. The Morgan fingerprint density at radius 1 is 1.26 bits per heavy atom. The molecular weight excluding hydrogens is 247 g/mol. The van der Waals surface area contributed by atoms with Gasteiger partial charge in [-0.15, -0.1) is 0 Å². The molecule has 106 valence electrons. The Morgan fingerprint density at radius 3 is 2.58 bits per heavy atom. The van der Waals surface area contributed by atoms with Gasteiger partial charge in [-0.2, -0.15) is 4.39 Å². The van der Waals surface area contributed by atoms with Gasteiger partial charge >= 0.3 is 0 Å². The topological polar surface area (TPSA) is 70.3 Å². The van der Waals surface area contributed by atoms with Crippen molar-refractivity contribution in [3.05, 3.63) is 11.6 Å². The first-order valence-electron chi connectivity index (χ1n) is 6.41. The molecular formula is C12H21FN6. The fourth-order valence-corrected chi connectivity index (χ4v) is 2.42. The van der Waals surface area contributed by atoms with E-state index < -0.39 is 5.82 Å². The molecule has 1 fully saturated rings. The van der Waals surface area contributed by atoms with E-state index >= 15 is 0 Å². The maximum atomic E-state index is 14.3. The van der Waals surface area contributed by atoms with E-state index in [1.165, 1.54) is 0 Å². The Labute approximate surface area is 112 Å². The van der Waals surface area contributed by atoms with Gasteiger partial charge in [0.1, 0.15) is 5.82 Å². The van der Waals surface area contributed by atoms with Gasteiger partial charge in [0.15, 0.2) is 11.6 Å². The molecule has 1 aromatic heterocycles. The lowest BCUT2D eigenvalue weighted by Crippen LogP contribution is -2.55. The molecule has 0 aromatic carbocycles. The SMILES string of the molecule is Cc1nc(NN)c(F)c(N2C[C@@H](C)N(C)C[C@@H]2C)n1. The fraction of sp³-hybridized carbons (Fsp3) is 0.667. The molecule has 7 heteroatoms. The largest absolute Gasteiger partial charge is 0.348 e. The maximum absolute atomic E-state index is 14.3. The highest BCUT2D eigenvalue weighted by Gasteiger charge is 2.30. The molecule has 1 saturated heterocycles. The van der Waals surface area contributed by atoms with Crippen molar-refractivity contribution in [1.29, 1.82) is 0 Å². The lowest BCUT2D eigenvalue weighted by molar-refractivity contribution is 0.204. The lowest BCUT2D eigenvalue weighted by atomic mass is 10.1. The van der Waals surface area contributed by atoms with E-state index in [9.17, 15) is 4.39 Å². The van der Waals surface area contributed by atoms with Gasteiger partial charge in [0.25, 0.3) is 0 Å². The predicted octanol–water partition coefficient (Wildman–Crippen LogP) is 0.739. The zero-order valence-corrected chi connectivity index (χ0v) is 11.8. The third kappa shape index (κ3) is 2.62. The summed E-state index contributed by atoms with van der Waals surface area (Å²) >= 11 is 0. The first kappa shape index (κ1) is 14.0. The fourth-order valence-electron chi connectivity index (χ4n) is 2.42. The summed E-state index contributed by atoms with van der Waals surface area (Å²) in [5.41, 5.74) is 2.29. The summed E-state index contributed by atoms with van der Waals surface area (Å²) in [5, 5.41) is 0. The molecule has 3 N–H and O–H groups in total. The van der Waals surface area contributed by atoms with E-state index in [1.807, 2.05) is 4.90 Å². The number of aromatic nitrogens is 2. The van der Waals surface area contributed by atoms with Crippen molar-refractivity contribution in [3.63, 3.8) is 0 Å². The molecule has 0 saturated carbocycles. The minimum Gasteiger partial charge on any atom is -0.348 e. The van der Waals surface area contributed by atoms with Gasteiger partial charge in [-0.05, 0) is 27.8 Å². The lowest BCUT2D eigenvalue weighted by Gasteiger charge is -2.43. The summed E-state index contributed by atoms with van der Waals surface area (Å²) in [4.78, 5) is 12.4. The molecule has 0 bridgehead atoms. The molecule has 0 amide bonds. The summed E-state index contributed by atoms with van der Waals surface area (Å²) in [7, 11) is 2.08. The highest BCUT2D eigenvalue weighted by molar-refractivity contribution is 5.52. The van der Waals surface area contributed by atoms with E-state index in [1.54, 1.807) is 6.92 Å². The number of nitrogens with one attached hydrogen (secondary N) is 1. The Balaban J connectivity index is 2.38. The Hall–Kier alpha value is -1.47. The van der Waals surface area contributed by atoms with Crippen LogP contribution in [0.15, 0.2) is 0 Å². The highest BCUT2D eigenvalue weighted by atomic mass is 19.1. The van der Waals surface area contributed by atoms with Crippen LogP contribution in [0.3, 0.4) is 0 Å². The number of hydrazine groups is 1. The molecule has 1 aliphatic rings. The Bertz CT molecular complexity index is 466. The number of hydrogen-bond donors (Lipinski definition) is 2. The molecule has 6 nitrogen and oxygen atoms in total. The van der Waals surface area contributed by atoms with Gasteiger partial charge < -0.3 is 10.3 Å². The summed E-state index contributed by atoms with van der Waals surface area (Å²) in [6.45, 7) is 7.51. The van der Waals surface area contributed by atoms with Crippen molar-refractivity contribution in [2.24, 2.45) is 5.84 Å². The van der Waals surface area contributed by atoms with Crippen molar-refractivity contribution in [2.45, 2.75) is 32.9 Å². The molecule has 2 rings (SSSR count). The van der Waals surface area contributed by atoms with Gasteiger partial charge in [-0.25, -0.2) is 15.8 Å². The van der Waals surface area contributed by atoms with Crippen LogP contribution in [0.5, 0.6) is 0 Å². The zero-order chi connectivity index (χ0) is 14.2. The van der Waals surface area contributed by atoms with Gasteiger partial charge in [-0.1, -0.05) is 0 Å². The first-order valence-corrected chi connectivity index (χ1v) is 6.41. The van der Waals surface area contributed by atoms with Gasteiger partial charge in [-0.3, -0.25) is 4.90 Å².